The Hall–Kier alpha value is -1.69. The standard InChI is InChI=1S/C13H18F2N2O2/c1-2-5-19-6-3-4-17-13(18)10-7-9(14)8-11(16)12(10)15/h7-8H,2-6,16H2,1H3,(H,17,18). The van der Waals surface area contributed by atoms with Crippen LogP contribution in [0.15, 0.2) is 12.1 Å². The summed E-state index contributed by atoms with van der Waals surface area (Å²) in [5.41, 5.74) is 4.49. The van der Waals surface area contributed by atoms with E-state index in [4.69, 9.17) is 10.5 Å². The van der Waals surface area contributed by atoms with Gasteiger partial charge in [-0.3, -0.25) is 4.79 Å². The van der Waals surface area contributed by atoms with E-state index in [0.717, 1.165) is 18.6 Å². The third-order valence-corrected chi connectivity index (χ3v) is 2.41. The molecule has 0 aliphatic rings. The maximum Gasteiger partial charge on any atom is 0.254 e. The van der Waals surface area contributed by atoms with Gasteiger partial charge in [0.15, 0.2) is 5.82 Å². The van der Waals surface area contributed by atoms with E-state index in [2.05, 4.69) is 5.32 Å². The van der Waals surface area contributed by atoms with E-state index in [1.807, 2.05) is 6.92 Å². The minimum atomic E-state index is -0.902. The molecule has 0 spiro atoms. The second-order valence-electron chi connectivity index (χ2n) is 4.08. The summed E-state index contributed by atoms with van der Waals surface area (Å²) in [5, 5.41) is 2.49. The number of carbonyl (C=O) groups excluding carboxylic acids is 1. The molecular formula is C13H18F2N2O2. The molecule has 0 aromatic heterocycles. The van der Waals surface area contributed by atoms with Gasteiger partial charge >= 0.3 is 0 Å². The molecule has 0 unspecified atom stereocenters. The summed E-state index contributed by atoms with van der Waals surface area (Å²) >= 11 is 0. The van der Waals surface area contributed by atoms with Gasteiger partial charge in [-0.15, -0.1) is 0 Å². The fraction of sp³-hybridized carbons (Fsp3) is 0.462. The van der Waals surface area contributed by atoms with Crippen LogP contribution in [0.1, 0.15) is 30.1 Å². The monoisotopic (exact) mass is 272 g/mol. The van der Waals surface area contributed by atoms with E-state index in [1.165, 1.54) is 0 Å². The Morgan fingerprint density at radius 1 is 1.37 bits per heavy atom. The molecule has 1 aromatic carbocycles. The summed E-state index contributed by atoms with van der Waals surface area (Å²) in [6.45, 7) is 3.52. The van der Waals surface area contributed by atoms with E-state index in [9.17, 15) is 13.6 Å². The first kappa shape index (κ1) is 15.4. The van der Waals surface area contributed by atoms with Crippen molar-refractivity contribution in [2.24, 2.45) is 0 Å². The van der Waals surface area contributed by atoms with Crippen LogP contribution in [0.4, 0.5) is 14.5 Å². The second kappa shape index (κ2) is 7.68. The molecule has 1 amide bonds. The molecule has 0 heterocycles. The lowest BCUT2D eigenvalue weighted by molar-refractivity contribution is 0.0937. The molecule has 0 bridgehead atoms. The number of amides is 1. The quantitative estimate of drug-likeness (QED) is 0.590. The summed E-state index contributed by atoms with van der Waals surface area (Å²) in [5.74, 6) is -2.32. The SMILES string of the molecule is CCCOCCCNC(=O)c1cc(F)cc(N)c1F. The number of hydrogen-bond donors (Lipinski definition) is 2. The Bertz CT molecular complexity index is 439. The first-order chi connectivity index (χ1) is 9.06. The van der Waals surface area contributed by atoms with Crippen LogP contribution in [0.2, 0.25) is 0 Å². The van der Waals surface area contributed by atoms with Gasteiger partial charge in [-0.2, -0.15) is 0 Å². The van der Waals surface area contributed by atoms with Gasteiger partial charge in [-0.1, -0.05) is 6.92 Å². The maximum atomic E-state index is 13.5. The molecule has 6 heteroatoms. The van der Waals surface area contributed by atoms with Crippen LogP contribution in [0.3, 0.4) is 0 Å². The molecule has 19 heavy (non-hydrogen) atoms. The minimum absolute atomic E-state index is 0.332. The fourth-order valence-electron chi connectivity index (χ4n) is 1.49. The van der Waals surface area contributed by atoms with Crippen LogP contribution < -0.4 is 11.1 Å². The Morgan fingerprint density at radius 3 is 2.79 bits per heavy atom. The van der Waals surface area contributed by atoms with Crippen LogP contribution in [0.5, 0.6) is 0 Å². The maximum absolute atomic E-state index is 13.5. The van der Waals surface area contributed by atoms with Crippen molar-refractivity contribution in [2.45, 2.75) is 19.8 Å². The van der Waals surface area contributed by atoms with Crippen LogP contribution in [-0.4, -0.2) is 25.7 Å². The topological polar surface area (TPSA) is 64.3 Å². The van der Waals surface area contributed by atoms with Gasteiger partial charge in [0.05, 0.1) is 11.3 Å². The minimum Gasteiger partial charge on any atom is -0.396 e. The van der Waals surface area contributed by atoms with Crippen LogP contribution >= 0.6 is 0 Å². The Balaban J connectivity index is 2.46. The van der Waals surface area contributed by atoms with Crippen molar-refractivity contribution in [1.82, 2.24) is 5.32 Å². The van der Waals surface area contributed by atoms with Crippen LogP contribution in [0.25, 0.3) is 0 Å². The predicted octanol–water partition coefficient (Wildman–Crippen LogP) is 2.09. The molecule has 0 aliphatic carbocycles. The smallest absolute Gasteiger partial charge is 0.254 e. The number of halogens is 2. The fourth-order valence-corrected chi connectivity index (χ4v) is 1.49. The van der Waals surface area contributed by atoms with E-state index < -0.39 is 17.5 Å². The Morgan fingerprint density at radius 2 is 2.11 bits per heavy atom. The highest BCUT2D eigenvalue weighted by molar-refractivity contribution is 5.95. The summed E-state index contributed by atoms with van der Waals surface area (Å²) < 4.78 is 31.8. The number of carbonyl (C=O) groups is 1. The zero-order chi connectivity index (χ0) is 14.3. The summed E-state index contributed by atoms with van der Waals surface area (Å²) in [6, 6.07) is 1.67. The van der Waals surface area contributed by atoms with Crippen molar-refractivity contribution in [3.63, 3.8) is 0 Å². The zero-order valence-electron chi connectivity index (χ0n) is 10.8. The molecule has 0 radical (unpaired) electrons. The largest absolute Gasteiger partial charge is 0.396 e. The highest BCUT2D eigenvalue weighted by Gasteiger charge is 2.15. The molecule has 0 fully saturated rings. The molecule has 1 aromatic rings. The van der Waals surface area contributed by atoms with Gasteiger partial charge in [0.1, 0.15) is 5.82 Å². The molecule has 4 nitrogen and oxygen atoms in total. The molecule has 3 N–H and O–H groups in total. The first-order valence-electron chi connectivity index (χ1n) is 6.16. The lowest BCUT2D eigenvalue weighted by Gasteiger charge is -2.08. The lowest BCUT2D eigenvalue weighted by Crippen LogP contribution is -2.26. The number of nitrogen functional groups attached to an aromatic ring is 1. The summed E-state index contributed by atoms with van der Waals surface area (Å²) in [6.07, 6.45) is 1.54. The molecule has 0 saturated carbocycles. The highest BCUT2D eigenvalue weighted by Crippen LogP contribution is 2.17. The van der Waals surface area contributed by atoms with Gasteiger partial charge in [0.2, 0.25) is 0 Å². The van der Waals surface area contributed by atoms with E-state index in [0.29, 0.717) is 26.2 Å². The third kappa shape index (κ3) is 4.82. The molecule has 0 aliphatic heterocycles. The number of nitrogens with one attached hydrogen (secondary N) is 1. The lowest BCUT2D eigenvalue weighted by atomic mass is 10.1. The van der Waals surface area contributed by atoms with Crippen molar-refractivity contribution >= 4 is 11.6 Å². The number of rotatable bonds is 7. The van der Waals surface area contributed by atoms with Crippen molar-refractivity contribution in [1.29, 1.82) is 0 Å². The van der Waals surface area contributed by atoms with Crippen LogP contribution in [0, 0.1) is 11.6 Å². The van der Waals surface area contributed by atoms with Crippen molar-refractivity contribution < 1.29 is 18.3 Å². The molecule has 106 valence electrons. The van der Waals surface area contributed by atoms with E-state index in [1.54, 1.807) is 0 Å². The number of anilines is 1. The van der Waals surface area contributed by atoms with Crippen molar-refractivity contribution in [3.8, 4) is 0 Å². The van der Waals surface area contributed by atoms with E-state index >= 15 is 0 Å². The second-order valence-corrected chi connectivity index (χ2v) is 4.08. The number of hydrogen-bond acceptors (Lipinski definition) is 3. The van der Waals surface area contributed by atoms with Gasteiger partial charge in [-0.05, 0) is 25.0 Å². The van der Waals surface area contributed by atoms with Crippen molar-refractivity contribution in [2.75, 3.05) is 25.5 Å². The van der Waals surface area contributed by atoms with Crippen molar-refractivity contribution in [3.05, 3.63) is 29.3 Å². The summed E-state index contributed by atoms with van der Waals surface area (Å²) in [7, 11) is 0. The Kier molecular flexibility index (Phi) is 6.21. The molecule has 0 atom stereocenters. The molecule has 1 rings (SSSR count). The summed E-state index contributed by atoms with van der Waals surface area (Å²) in [4.78, 5) is 11.6. The molecular weight excluding hydrogens is 254 g/mol. The zero-order valence-corrected chi connectivity index (χ0v) is 10.8. The normalized spacial score (nSPS) is 10.5. The average molecular weight is 272 g/mol. The van der Waals surface area contributed by atoms with E-state index in [-0.39, 0.29) is 11.3 Å². The Labute approximate surface area is 110 Å². The van der Waals surface area contributed by atoms with Gasteiger partial charge < -0.3 is 15.8 Å². The first-order valence-corrected chi connectivity index (χ1v) is 6.16. The number of ether oxygens (including phenoxy) is 1. The predicted molar refractivity (Wildman–Crippen MR) is 68.8 cm³/mol. The van der Waals surface area contributed by atoms with Gasteiger partial charge in [-0.25, -0.2) is 8.78 Å². The van der Waals surface area contributed by atoms with Gasteiger partial charge in [0.25, 0.3) is 5.91 Å². The third-order valence-electron chi connectivity index (χ3n) is 2.41. The number of nitrogens with two attached hydrogens (primary N) is 1. The average Bonchev–Trinajstić information content (AvgIpc) is 2.37. The highest BCUT2D eigenvalue weighted by atomic mass is 19.1. The van der Waals surface area contributed by atoms with Gasteiger partial charge in [0, 0.05) is 19.8 Å². The van der Waals surface area contributed by atoms with Crippen LogP contribution in [-0.2, 0) is 4.74 Å². The molecule has 0 saturated heterocycles. The number of benzene rings is 1.